The van der Waals surface area contributed by atoms with E-state index >= 15 is 0 Å². The molecule has 1 unspecified atom stereocenters. The SMILES string of the molecule is CC(C)(C)C(C(=O)O)n1nnc(-c2nnc(N3CCC4(CC3)CC(=O)c3ccccc3O4)s2)n1. The standard InChI is InChI=1S/C22H25N7O4S/c1-21(2,3)16(19(31)32)29-26-17(23-27-29)18-24-25-20(34-18)28-10-8-22(9-11-28)12-14(30)13-6-4-5-7-15(13)33-22/h4-7,16H,8-12H2,1-3H3,(H,31,32). The Morgan fingerprint density at radius 1 is 1.18 bits per heavy atom. The van der Waals surface area contributed by atoms with Crippen molar-refractivity contribution in [1.82, 2.24) is 30.4 Å². The van der Waals surface area contributed by atoms with Gasteiger partial charge in [-0.05, 0) is 22.8 Å². The van der Waals surface area contributed by atoms with Gasteiger partial charge in [-0.25, -0.2) is 4.79 Å². The highest BCUT2D eigenvalue weighted by Crippen LogP contribution is 2.40. The predicted molar refractivity (Wildman–Crippen MR) is 123 cm³/mol. The first kappa shape index (κ1) is 22.4. The lowest BCUT2D eigenvalue weighted by Crippen LogP contribution is -2.51. The van der Waals surface area contributed by atoms with Gasteiger partial charge in [0.25, 0.3) is 0 Å². The van der Waals surface area contributed by atoms with E-state index in [1.807, 2.05) is 45.0 Å². The van der Waals surface area contributed by atoms with Gasteiger partial charge < -0.3 is 14.7 Å². The molecule has 2 aliphatic heterocycles. The van der Waals surface area contributed by atoms with Crippen LogP contribution in [0.5, 0.6) is 5.75 Å². The lowest BCUT2D eigenvalue weighted by atomic mass is 9.82. The number of tetrazole rings is 1. The molecule has 0 bridgehead atoms. The lowest BCUT2D eigenvalue weighted by molar-refractivity contribution is -0.145. The van der Waals surface area contributed by atoms with Crippen LogP contribution in [0.2, 0.25) is 0 Å². The van der Waals surface area contributed by atoms with E-state index in [1.165, 1.54) is 11.3 Å². The number of carbonyl (C=O) groups is 2. The minimum absolute atomic E-state index is 0.123. The van der Waals surface area contributed by atoms with Crippen LogP contribution in [0.4, 0.5) is 5.13 Å². The van der Waals surface area contributed by atoms with Crippen molar-refractivity contribution in [3.05, 3.63) is 29.8 Å². The summed E-state index contributed by atoms with van der Waals surface area (Å²) < 4.78 is 6.30. The van der Waals surface area contributed by atoms with Crippen LogP contribution >= 0.6 is 11.3 Å². The van der Waals surface area contributed by atoms with E-state index in [2.05, 4.69) is 30.5 Å². The Bertz CT molecular complexity index is 1240. The van der Waals surface area contributed by atoms with Gasteiger partial charge in [-0.15, -0.1) is 25.2 Å². The summed E-state index contributed by atoms with van der Waals surface area (Å²) in [7, 11) is 0. The van der Waals surface area contributed by atoms with Gasteiger partial charge in [0.1, 0.15) is 11.4 Å². The molecule has 178 valence electrons. The quantitative estimate of drug-likeness (QED) is 0.590. The summed E-state index contributed by atoms with van der Waals surface area (Å²) in [6.07, 6.45) is 1.77. The molecule has 0 saturated carbocycles. The number of benzene rings is 1. The van der Waals surface area contributed by atoms with Crippen LogP contribution in [0.1, 0.15) is 56.4 Å². The molecule has 2 aromatic heterocycles. The molecule has 3 aromatic rings. The molecule has 5 rings (SSSR count). The number of rotatable bonds is 4. The summed E-state index contributed by atoms with van der Waals surface area (Å²) >= 11 is 1.33. The number of ketones is 1. The molecule has 1 fully saturated rings. The average Bonchev–Trinajstić information content (AvgIpc) is 3.43. The number of fused-ring (bicyclic) bond motifs is 1. The second-order valence-electron chi connectivity index (χ2n) is 9.80. The fourth-order valence-corrected chi connectivity index (χ4v) is 5.32. The zero-order chi connectivity index (χ0) is 24.1. The van der Waals surface area contributed by atoms with E-state index < -0.39 is 23.0 Å². The minimum atomic E-state index is -1.03. The number of aromatic nitrogens is 6. The molecular weight excluding hydrogens is 458 g/mol. The van der Waals surface area contributed by atoms with Gasteiger partial charge in [0.05, 0.1) is 12.0 Å². The number of piperidine rings is 1. The smallest absolute Gasteiger partial charge is 0.331 e. The van der Waals surface area contributed by atoms with E-state index in [-0.39, 0.29) is 11.6 Å². The van der Waals surface area contributed by atoms with Crippen molar-refractivity contribution in [2.45, 2.75) is 51.7 Å². The molecule has 2 aliphatic rings. The summed E-state index contributed by atoms with van der Waals surface area (Å²) in [5, 5.41) is 31.5. The maximum Gasteiger partial charge on any atom is 0.331 e. The van der Waals surface area contributed by atoms with Crippen LogP contribution in [0.15, 0.2) is 24.3 Å². The number of hydrogen-bond donors (Lipinski definition) is 1. The van der Waals surface area contributed by atoms with Crippen LogP contribution in [0.3, 0.4) is 0 Å². The summed E-state index contributed by atoms with van der Waals surface area (Å²) in [5.74, 6) is 0.000279. The fraction of sp³-hybridized carbons (Fsp3) is 0.500. The van der Waals surface area contributed by atoms with Gasteiger partial charge in [0, 0.05) is 25.9 Å². The first-order chi connectivity index (χ1) is 16.2. The number of para-hydroxylation sites is 1. The largest absolute Gasteiger partial charge is 0.486 e. The molecule has 0 amide bonds. The third-order valence-electron chi connectivity index (χ3n) is 6.26. The van der Waals surface area contributed by atoms with Gasteiger partial charge in [-0.3, -0.25) is 4.79 Å². The van der Waals surface area contributed by atoms with Crippen LogP contribution < -0.4 is 9.64 Å². The molecule has 4 heterocycles. The van der Waals surface area contributed by atoms with Crippen molar-refractivity contribution < 1.29 is 19.4 Å². The second kappa shape index (κ2) is 8.12. The Morgan fingerprint density at radius 2 is 1.91 bits per heavy atom. The van der Waals surface area contributed by atoms with Crippen LogP contribution in [-0.4, -0.2) is 66.0 Å². The van der Waals surface area contributed by atoms with E-state index in [0.29, 0.717) is 53.8 Å². The Hall–Kier alpha value is -3.41. The van der Waals surface area contributed by atoms with Crippen LogP contribution in [-0.2, 0) is 4.79 Å². The van der Waals surface area contributed by atoms with E-state index in [0.717, 1.165) is 4.80 Å². The number of aliphatic carboxylic acids is 1. The second-order valence-corrected chi connectivity index (χ2v) is 10.8. The van der Waals surface area contributed by atoms with Crippen molar-refractivity contribution in [2.75, 3.05) is 18.0 Å². The molecule has 34 heavy (non-hydrogen) atoms. The van der Waals surface area contributed by atoms with E-state index in [9.17, 15) is 14.7 Å². The Balaban J connectivity index is 1.29. The number of carbonyl (C=O) groups excluding carboxylic acids is 1. The van der Waals surface area contributed by atoms with Crippen LogP contribution in [0, 0.1) is 5.41 Å². The van der Waals surface area contributed by atoms with Crippen molar-refractivity contribution in [1.29, 1.82) is 0 Å². The molecule has 0 aliphatic carbocycles. The molecule has 1 aromatic carbocycles. The maximum atomic E-state index is 12.7. The highest BCUT2D eigenvalue weighted by Gasteiger charge is 2.43. The van der Waals surface area contributed by atoms with Gasteiger partial charge in [0.15, 0.2) is 16.8 Å². The Labute approximate surface area is 199 Å². The van der Waals surface area contributed by atoms with E-state index in [4.69, 9.17) is 4.74 Å². The monoisotopic (exact) mass is 483 g/mol. The molecular formula is C22H25N7O4S. The molecule has 1 N–H and O–H groups in total. The third-order valence-corrected chi connectivity index (χ3v) is 7.24. The molecule has 1 saturated heterocycles. The summed E-state index contributed by atoms with van der Waals surface area (Å²) in [6.45, 7) is 6.78. The maximum absolute atomic E-state index is 12.7. The van der Waals surface area contributed by atoms with Crippen molar-refractivity contribution in [3.63, 3.8) is 0 Å². The van der Waals surface area contributed by atoms with E-state index in [1.54, 1.807) is 0 Å². The first-order valence-electron chi connectivity index (χ1n) is 11.1. The van der Waals surface area contributed by atoms with Gasteiger partial charge in [0.2, 0.25) is 11.0 Å². The van der Waals surface area contributed by atoms with Gasteiger partial charge in [-0.1, -0.05) is 44.2 Å². The van der Waals surface area contributed by atoms with Crippen molar-refractivity contribution >= 4 is 28.2 Å². The van der Waals surface area contributed by atoms with Gasteiger partial charge in [-0.2, -0.15) is 0 Å². The predicted octanol–water partition coefficient (Wildman–Crippen LogP) is 2.87. The number of ether oxygens (including phenoxy) is 1. The zero-order valence-electron chi connectivity index (χ0n) is 19.1. The summed E-state index contributed by atoms with van der Waals surface area (Å²) in [5.41, 5.74) is -0.428. The Morgan fingerprint density at radius 3 is 2.62 bits per heavy atom. The van der Waals surface area contributed by atoms with Crippen molar-refractivity contribution in [2.24, 2.45) is 5.41 Å². The molecule has 1 spiro atoms. The average molecular weight is 484 g/mol. The van der Waals surface area contributed by atoms with Gasteiger partial charge >= 0.3 is 5.97 Å². The molecule has 12 heteroatoms. The molecule has 1 atom stereocenters. The van der Waals surface area contributed by atoms with Crippen molar-refractivity contribution in [3.8, 4) is 16.6 Å². The van der Waals surface area contributed by atoms with Crippen LogP contribution in [0.25, 0.3) is 10.8 Å². The number of carboxylic acid groups (broad SMARTS) is 1. The molecule has 11 nitrogen and oxygen atoms in total. The summed E-state index contributed by atoms with van der Waals surface area (Å²) in [4.78, 5) is 27.6. The minimum Gasteiger partial charge on any atom is -0.486 e. The number of anilines is 1. The molecule has 0 radical (unpaired) electrons. The first-order valence-corrected chi connectivity index (χ1v) is 11.9. The normalized spacial score (nSPS) is 18.4. The zero-order valence-corrected chi connectivity index (χ0v) is 19.9. The number of nitrogens with zero attached hydrogens (tertiary/aromatic N) is 7. The summed E-state index contributed by atoms with van der Waals surface area (Å²) in [6, 6.07) is 6.45. The highest BCUT2D eigenvalue weighted by molar-refractivity contribution is 7.18. The number of Topliss-reactive ketones (excluding diaryl/α,β-unsaturated/α-hetero) is 1. The lowest BCUT2D eigenvalue weighted by Gasteiger charge is -2.43. The Kier molecular flexibility index (Phi) is 5.34. The number of hydrogen-bond acceptors (Lipinski definition) is 10. The topological polar surface area (TPSA) is 136 Å². The third kappa shape index (κ3) is 4.02. The fourth-order valence-electron chi connectivity index (χ4n) is 4.50. The number of carboxylic acids is 1. The highest BCUT2D eigenvalue weighted by atomic mass is 32.1.